The smallest absolute Gasteiger partial charge is 0.258 e. The molecule has 8 nitrogen and oxygen atoms in total. The van der Waals surface area contributed by atoms with Gasteiger partial charge in [-0.15, -0.1) is 0 Å². The Morgan fingerprint density at radius 3 is 2.56 bits per heavy atom. The molecule has 2 aliphatic rings. The molecular formula is C26H29N5O3. The highest BCUT2D eigenvalue weighted by atomic mass is 16.6. The second-order valence-corrected chi connectivity index (χ2v) is 8.82. The van der Waals surface area contributed by atoms with Gasteiger partial charge in [0, 0.05) is 18.2 Å². The number of carbonyl (C=O) groups is 1. The first kappa shape index (κ1) is 22.3. The third kappa shape index (κ3) is 4.47. The molecule has 1 aromatic heterocycles. The van der Waals surface area contributed by atoms with E-state index < -0.39 is 0 Å². The number of piperidine rings is 1. The van der Waals surface area contributed by atoms with E-state index in [4.69, 9.17) is 14.3 Å². The van der Waals surface area contributed by atoms with E-state index in [0.717, 1.165) is 36.2 Å². The number of hydroxylamine groups is 1. The number of amides is 1. The third-order valence-electron chi connectivity index (χ3n) is 6.56. The van der Waals surface area contributed by atoms with Crippen molar-refractivity contribution in [3.63, 3.8) is 0 Å². The molecule has 0 radical (unpaired) electrons. The molecular weight excluding hydrogens is 430 g/mol. The lowest BCUT2D eigenvalue weighted by Gasteiger charge is -2.29. The molecule has 1 fully saturated rings. The van der Waals surface area contributed by atoms with Crippen LogP contribution in [-0.4, -0.2) is 46.5 Å². The summed E-state index contributed by atoms with van der Waals surface area (Å²) in [5.74, 6) is 0.996. The van der Waals surface area contributed by atoms with Crippen molar-refractivity contribution in [3.8, 4) is 11.1 Å². The normalized spacial score (nSPS) is 20.9. The lowest BCUT2D eigenvalue weighted by Crippen LogP contribution is -2.30. The first-order valence-electron chi connectivity index (χ1n) is 11.7. The third-order valence-corrected chi connectivity index (χ3v) is 6.56. The van der Waals surface area contributed by atoms with Crippen LogP contribution in [0.2, 0.25) is 0 Å². The van der Waals surface area contributed by atoms with E-state index in [0.29, 0.717) is 23.7 Å². The van der Waals surface area contributed by atoms with Gasteiger partial charge in [-0.1, -0.05) is 54.0 Å². The maximum Gasteiger partial charge on any atom is 0.258 e. The van der Waals surface area contributed by atoms with Crippen molar-refractivity contribution in [1.29, 1.82) is 0 Å². The van der Waals surface area contributed by atoms with Crippen LogP contribution in [0.15, 0.2) is 71.0 Å². The summed E-state index contributed by atoms with van der Waals surface area (Å²) in [6.45, 7) is 1.01. The summed E-state index contributed by atoms with van der Waals surface area (Å²) < 4.78 is 5.67. The van der Waals surface area contributed by atoms with E-state index in [9.17, 15) is 4.79 Å². The Hall–Kier alpha value is -3.49. The fourth-order valence-corrected chi connectivity index (χ4v) is 4.72. The molecule has 2 aromatic carbocycles. The topological polar surface area (TPSA) is 83.7 Å². The summed E-state index contributed by atoms with van der Waals surface area (Å²) in [5.41, 5.74) is 6.41. The Bertz CT molecular complexity index is 1160. The van der Waals surface area contributed by atoms with Gasteiger partial charge >= 0.3 is 0 Å². The van der Waals surface area contributed by atoms with Crippen LogP contribution in [0.25, 0.3) is 11.1 Å². The number of benzene rings is 2. The molecule has 0 bridgehead atoms. The second kappa shape index (κ2) is 9.79. The van der Waals surface area contributed by atoms with Gasteiger partial charge in [0.15, 0.2) is 5.82 Å². The SMILES string of the molecule is CONC1=CN(C(=O)c2ccc(-c3ccccc3)cc2)C(c2noc(C3CCCCN3C)n2)C1. The highest BCUT2D eigenvalue weighted by Crippen LogP contribution is 2.35. The van der Waals surface area contributed by atoms with Crippen LogP contribution in [0, 0.1) is 0 Å². The molecule has 3 heterocycles. The number of hydrogen-bond donors (Lipinski definition) is 1. The van der Waals surface area contributed by atoms with Crippen LogP contribution in [0.3, 0.4) is 0 Å². The zero-order chi connectivity index (χ0) is 23.5. The van der Waals surface area contributed by atoms with E-state index in [1.54, 1.807) is 18.2 Å². The van der Waals surface area contributed by atoms with Gasteiger partial charge < -0.3 is 9.42 Å². The van der Waals surface area contributed by atoms with Crippen molar-refractivity contribution in [2.75, 3.05) is 20.7 Å². The van der Waals surface area contributed by atoms with Crippen molar-refractivity contribution in [3.05, 3.63) is 83.8 Å². The zero-order valence-electron chi connectivity index (χ0n) is 19.5. The van der Waals surface area contributed by atoms with Crippen molar-refractivity contribution in [2.45, 2.75) is 37.8 Å². The fourth-order valence-electron chi connectivity index (χ4n) is 4.72. The van der Waals surface area contributed by atoms with Gasteiger partial charge in [-0.05, 0) is 49.7 Å². The monoisotopic (exact) mass is 459 g/mol. The van der Waals surface area contributed by atoms with Gasteiger partial charge in [0.05, 0.1) is 18.8 Å². The fraction of sp³-hybridized carbons (Fsp3) is 0.346. The predicted molar refractivity (Wildman–Crippen MR) is 127 cm³/mol. The minimum Gasteiger partial charge on any atom is -0.338 e. The minimum atomic E-state index is -0.370. The minimum absolute atomic E-state index is 0.121. The molecule has 1 saturated heterocycles. The summed E-state index contributed by atoms with van der Waals surface area (Å²) in [6.07, 6.45) is 5.60. The van der Waals surface area contributed by atoms with Crippen molar-refractivity contribution < 1.29 is 14.2 Å². The molecule has 8 heteroatoms. The van der Waals surface area contributed by atoms with Crippen LogP contribution in [0.5, 0.6) is 0 Å². The standard InChI is InChI=1S/C26H29N5O3/c1-30-15-7-6-10-22(30)25-27-24(29-34-25)23-16-21(28-33-2)17-31(23)26(32)20-13-11-19(12-14-20)18-8-4-3-5-9-18/h3-5,8-9,11-14,17,22-23,28H,6-7,10,15-16H2,1-2H3. The summed E-state index contributed by atoms with van der Waals surface area (Å²) in [4.78, 5) is 27.2. The summed E-state index contributed by atoms with van der Waals surface area (Å²) in [6, 6.07) is 17.5. The Kier molecular flexibility index (Phi) is 6.42. The first-order chi connectivity index (χ1) is 16.6. The molecule has 2 atom stereocenters. The van der Waals surface area contributed by atoms with E-state index in [-0.39, 0.29) is 18.0 Å². The molecule has 5 rings (SSSR count). The largest absolute Gasteiger partial charge is 0.338 e. The van der Waals surface area contributed by atoms with Crippen LogP contribution >= 0.6 is 0 Å². The lowest BCUT2D eigenvalue weighted by atomic mass is 10.0. The van der Waals surface area contributed by atoms with E-state index >= 15 is 0 Å². The van der Waals surface area contributed by atoms with Gasteiger partial charge in [-0.3, -0.25) is 20.0 Å². The van der Waals surface area contributed by atoms with E-state index in [2.05, 4.69) is 34.7 Å². The zero-order valence-corrected chi connectivity index (χ0v) is 19.5. The number of likely N-dealkylation sites (tertiary alicyclic amines) is 1. The number of nitrogens with zero attached hydrogens (tertiary/aromatic N) is 4. The van der Waals surface area contributed by atoms with Gasteiger partial charge in [0.25, 0.3) is 5.91 Å². The first-order valence-corrected chi connectivity index (χ1v) is 11.7. The molecule has 0 spiro atoms. The molecule has 1 amide bonds. The van der Waals surface area contributed by atoms with Gasteiger partial charge in [0.2, 0.25) is 5.89 Å². The van der Waals surface area contributed by atoms with Crippen molar-refractivity contribution in [1.82, 2.24) is 25.4 Å². The van der Waals surface area contributed by atoms with Crippen LogP contribution in [0.4, 0.5) is 0 Å². The molecule has 34 heavy (non-hydrogen) atoms. The Morgan fingerprint density at radius 1 is 1.06 bits per heavy atom. The summed E-state index contributed by atoms with van der Waals surface area (Å²) in [5, 5.41) is 4.27. The van der Waals surface area contributed by atoms with Crippen LogP contribution in [-0.2, 0) is 4.84 Å². The van der Waals surface area contributed by atoms with Gasteiger partial charge in [0.1, 0.15) is 6.04 Å². The Labute approximate surface area is 199 Å². The highest BCUT2D eigenvalue weighted by molar-refractivity contribution is 5.96. The molecule has 0 aliphatic carbocycles. The molecule has 176 valence electrons. The number of hydrogen-bond acceptors (Lipinski definition) is 7. The summed E-state index contributed by atoms with van der Waals surface area (Å²) >= 11 is 0. The van der Waals surface area contributed by atoms with Gasteiger partial charge in [-0.2, -0.15) is 4.98 Å². The van der Waals surface area contributed by atoms with Crippen molar-refractivity contribution in [2.24, 2.45) is 0 Å². The lowest BCUT2D eigenvalue weighted by molar-refractivity contribution is 0.0777. The average molecular weight is 460 g/mol. The highest BCUT2D eigenvalue weighted by Gasteiger charge is 2.36. The molecule has 3 aromatic rings. The van der Waals surface area contributed by atoms with Crippen LogP contribution in [0.1, 0.15) is 59.8 Å². The quantitative estimate of drug-likeness (QED) is 0.545. The summed E-state index contributed by atoms with van der Waals surface area (Å²) in [7, 11) is 3.63. The van der Waals surface area contributed by atoms with E-state index in [1.165, 1.54) is 6.42 Å². The Balaban J connectivity index is 1.39. The Morgan fingerprint density at radius 2 is 1.82 bits per heavy atom. The molecule has 0 saturated carbocycles. The number of aromatic nitrogens is 2. The van der Waals surface area contributed by atoms with E-state index in [1.807, 2.05) is 42.5 Å². The molecule has 2 aliphatic heterocycles. The number of carbonyl (C=O) groups excluding carboxylic acids is 1. The maximum absolute atomic E-state index is 13.5. The number of rotatable bonds is 6. The van der Waals surface area contributed by atoms with Crippen LogP contribution < -0.4 is 5.48 Å². The number of nitrogens with one attached hydrogen (secondary N) is 1. The van der Waals surface area contributed by atoms with Gasteiger partial charge in [-0.25, -0.2) is 0 Å². The molecule has 1 N–H and O–H groups in total. The average Bonchev–Trinajstić information content (AvgIpc) is 3.52. The maximum atomic E-state index is 13.5. The molecule has 2 unspecified atom stereocenters. The predicted octanol–water partition coefficient (Wildman–Crippen LogP) is 4.47. The second-order valence-electron chi connectivity index (χ2n) is 8.82. The van der Waals surface area contributed by atoms with Crippen molar-refractivity contribution >= 4 is 5.91 Å².